The van der Waals surface area contributed by atoms with E-state index in [9.17, 15) is 0 Å². The molecule has 1 radical (unpaired) electrons. The van der Waals surface area contributed by atoms with Crippen LogP contribution >= 0.6 is 0 Å². The largest absolute Gasteiger partial charge is 0.557 e. The molecule has 0 fully saturated rings. The van der Waals surface area contributed by atoms with Gasteiger partial charge in [-0.2, -0.15) is 0 Å². The average Bonchev–Trinajstić information content (AvgIpc) is 3.73. The molecule has 53 heavy (non-hydrogen) atoms. The van der Waals surface area contributed by atoms with Crippen molar-refractivity contribution < 1.29 is 24.5 Å². The van der Waals surface area contributed by atoms with Gasteiger partial charge in [0.15, 0.2) is 0 Å². The van der Waals surface area contributed by atoms with Crippen LogP contribution in [0.15, 0.2) is 132 Å². The van der Waals surface area contributed by atoms with E-state index in [2.05, 4.69) is 149 Å². The molecule has 5 aromatic carbocycles. The molecule has 0 spiro atoms. The standard InChI is InChI=1S/C29H21N2O.C19H24N.Ir/c1-19-16-22(17-20(2)28(19)21-10-4-3-5-11-21)31-26-14-8-7-13-25(26)30-29(31)24-18-32-27-15-9-6-12-23(24)27;1-14(2)11-16-12-18(15-9-7-6-8-10-15)20-13-17(16)19(3,4)5;/h3-17H,1-2H3;6-9,12-14H,11H2,1-5H3;/q2*-1;. The third kappa shape index (κ3) is 7.98. The van der Waals surface area contributed by atoms with E-state index < -0.39 is 0 Å². The molecule has 0 amide bonds. The first kappa shape index (κ1) is 37.7. The van der Waals surface area contributed by atoms with Crippen molar-refractivity contribution in [2.45, 2.75) is 60.3 Å². The van der Waals surface area contributed by atoms with Crippen LogP contribution in [0.25, 0.3) is 61.5 Å². The molecule has 4 nitrogen and oxygen atoms in total. The summed E-state index contributed by atoms with van der Waals surface area (Å²) in [4.78, 5) is 9.65. The van der Waals surface area contributed by atoms with Crippen LogP contribution in [0.4, 0.5) is 0 Å². The van der Waals surface area contributed by atoms with Crippen LogP contribution in [0.5, 0.6) is 0 Å². The van der Waals surface area contributed by atoms with Gasteiger partial charge in [-0.15, -0.1) is 42.0 Å². The summed E-state index contributed by atoms with van der Waals surface area (Å²) in [5.41, 5.74) is 14.8. The minimum atomic E-state index is 0. The summed E-state index contributed by atoms with van der Waals surface area (Å²) < 4.78 is 7.96. The number of pyridine rings is 1. The van der Waals surface area contributed by atoms with Crippen LogP contribution in [0.3, 0.4) is 0 Å². The molecule has 0 N–H and O–H groups in total. The minimum Gasteiger partial charge on any atom is -0.557 e. The molecule has 269 valence electrons. The Hall–Kier alpha value is -5.09. The SMILES string of the molecule is CC(C)Cc1cc(-c2[c-]cccc2)ncc1C(C)(C)C.Cc1cc(-n2c(-c3[c-]oc4ccccc34)nc3ccccc32)cc(C)c1-c1ccccc1.[Ir]. The number of furan rings is 1. The topological polar surface area (TPSA) is 43.9 Å². The summed E-state index contributed by atoms with van der Waals surface area (Å²) in [6.07, 6.45) is 6.25. The van der Waals surface area contributed by atoms with Crippen LogP contribution in [-0.2, 0) is 31.9 Å². The predicted octanol–water partition coefficient (Wildman–Crippen LogP) is 12.6. The van der Waals surface area contributed by atoms with Gasteiger partial charge in [-0.1, -0.05) is 112 Å². The van der Waals surface area contributed by atoms with E-state index in [0.717, 1.165) is 56.8 Å². The number of para-hydroxylation sites is 3. The van der Waals surface area contributed by atoms with Crippen molar-refractivity contribution in [1.29, 1.82) is 0 Å². The number of imidazole rings is 1. The summed E-state index contributed by atoms with van der Waals surface area (Å²) in [6.45, 7) is 15.6. The number of hydrogen-bond acceptors (Lipinski definition) is 3. The van der Waals surface area contributed by atoms with E-state index in [-0.39, 0.29) is 25.5 Å². The Morgan fingerprint density at radius 1 is 0.792 bits per heavy atom. The van der Waals surface area contributed by atoms with Gasteiger partial charge in [0.25, 0.3) is 0 Å². The fraction of sp³-hybridized carbons (Fsp3) is 0.208. The zero-order chi connectivity index (χ0) is 36.4. The van der Waals surface area contributed by atoms with Gasteiger partial charge in [0, 0.05) is 43.8 Å². The van der Waals surface area contributed by atoms with Gasteiger partial charge in [0.05, 0.1) is 16.9 Å². The first-order valence-electron chi connectivity index (χ1n) is 18.1. The maximum absolute atomic E-state index is 5.74. The Bertz CT molecular complexity index is 2450. The molecule has 0 saturated heterocycles. The molecule has 0 aliphatic rings. The normalized spacial score (nSPS) is 11.4. The Morgan fingerprint density at radius 2 is 1.47 bits per heavy atom. The van der Waals surface area contributed by atoms with Gasteiger partial charge in [-0.25, -0.2) is 0 Å². The van der Waals surface area contributed by atoms with E-state index in [1.54, 1.807) is 0 Å². The van der Waals surface area contributed by atoms with Crippen molar-refractivity contribution in [2.24, 2.45) is 5.92 Å². The quantitative estimate of drug-likeness (QED) is 0.156. The molecule has 0 atom stereocenters. The molecular weight excluding hydrogens is 827 g/mol. The van der Waals surface area contributed by atoms with Crippen molar-refractivity contribution in [2.75, 3.05) is 0 Å². The van der Waals surface area contributed by atoms with Gasteiger partial charge in [0.1, 0.15) is 0 Å². The number of benzene rings is 5. The van der Waals surface area contributed by atoms with Gasteiger partial charge in [0.2, 0.25) is 0 Å². The van der Waals surface area contributed by atoms with E-state index in [1.807, 2.05) is 48.7 Å². The molecule has 0 bridgehead atoms. The van der Waals surface area contributed by atoms with Crippen molar-refractivity contribution in [1.82, 2.24) is 14.5 Å². The van der Waals surface area contributed by atoms with Crippen molar-refractivity contribution in [3.05, 3.63) is 162 Å². The van der Waals surface area contributed by atoms with E-state index in [1.165, 1.54) is 33.4 Å². The summed E-state index contributed by atoms with van der Waals surface area (Å²) in [6, 6.07) is 44.8. The number of hydrogen-bond donors (Lipinski definition) is 0. The molecule has 0 aliphatic heterocycles. The molecule has 0 unspecified atom stereocenters. The average molecular weight is 872 g/mol. The Morgan fingerprint density at radius 3 is 2.17 bits per heavy atom. The fourth-order valence-corrected chi connectivity index (χ4v) is 7.16. The number of aryl methyl sites for hydroxylation is 2. The van der Waals surface area contributed by atoms with E-state index in [0.29, 0.717) is 5.92 Å². The number of nitrogens with zero attached hydrogens (tertiary/aromatic N) is 3. The minimum absolute atomic E-state index is 0. The zero-order valence-electron chi connectivity index (χ0n) is 31.5. The summed E-state index contributed by atoms with van der Waals surface area (Å²) in [5.74, 6) is 1.48. The first-order valence-corrected chi connectivity index (χ1v) is 18.1. The van der Waals surface area contributed by atoms with Gasteiger partial charge in [-0.3, -0.25) is 4.98 Å². The Balaban J connectivity index is 0.000000199. The second-order valence-corrected chi connectivity index (χ2v) is 15.0. The van der Waals surface area contributed by atoms with Crippen LogP contribution in [-0.4, -0.2) is 14.5 Å². The predicted molar refractivity (Wildman–Crippen MR) is 216 cm³/mol. The van der Waals surface area contributed by atoms with Crippen LogP contribution in [0, 0.1) is 32.1 Å². The maximum atomic E-state index is 5.74. The van der Waals surface area contributed by atoms with Crippen LogP contribution in [0.1, 0.15) is 56.9 Å². The first-order chi connectivity index (χ1) is 25.1. The molecule has 0 saturated carbocycles. The smallest absolute Gasteiger partial charge is 0.0774 e. The number of rotatable bonds is 6. The monoisotopic (exact) mass is 872 g/mol. The van der Waals surface area contributed by atoms with E-state index >= 15 is 0 Å². The summed E-state index contributed by atoms with van der Waals surface area (Å²) >= 11 is 0. The van der Waals surface area contributed by atoms with Crippen molar-refractivity contribution in [3.8, 4) is 39.5 Å². The Labute approximate surface area is 327 Å². The van der Waals surface area contributed by atoms with Crippen molar-refractivity contribution in [3.63, 3.8) is 0 Å². The second kappa shape index (κ2) is 15.9. The third-order valence-corrected chi connectivity index (χ3v) is 9.45. The summed E-state index contributed by atoms with van der Waals surface area (Å²) in [5, 5.41) is 1.01. The second-order valence-electron chi connectivity index (χ2n) is 15.0. The number of aromatic nitrogens is 3. The maximum Gasteiger partial charge on any atom is 0.0774 e. The van der Waals surface area contributed by atoms with E-state index in [4.69, 9.17) is 9.40 Å². The molecule has 0 aliphatic carbocycles. The third-order valence-electron chi connectivity index (χ3n) is 9.45. The molecular formula is C48H45IrN3O-2. The molecule has 8 rings (SSSR count). The molecule has 3 heterocycles. The van der Waals surface area contributed by atoms with Gasteiger partial charge in [-0.05, 0) is 94.9 Å². The number of fused-ring (bicyclic) bond motifs is 2. The van der Waals surface area contributed by atoms with Crippen LogP contribution < -0.4 is 0 Å². The molecule has 5 heteroatoms. The van der Waals surface area contributed by atoms with Gasteiger partial charge >= 0.3 is 0 Å². The fourth-order valence-electron chi connectivity index (χ4n) is 7.16. The van der Waals surface area contributed by atoms with Gasteiger partial charge < -0.3 is 14.0 Å². The Kier molecular flexibility index (Phi) is 11.3. The summed E-state index contributed by atoms with van der Waals surface area (Å²) in [7, 11) is 0. The van der Waals surface area contributed by atoms with Crippen molar-refractivity contribution >= 4 is 22.0 Å². The van der Waals surface area contributed by atoms with Crippen LogP contribution in [0.2, 0.25) is 0 Å². The zero-order valence-corrected chi connectivity index (χ0v) is 33.9. The molecule has 3 aromatic heterocycles. The molecule has 8 aromatic rings.